The van der Waals surface area contributed by atoms with Gasteiger partial charge < -0.3 is 4.90 Å². The van der Waals surface area contributed by atoms with Crippen LogP contribution in [0, 0.1) is 6.92 Å². The number of benzene rings is 2. The summed E-state index contributed by atoms with van der Waals surface area (Å²) in [5.74, 6) is 0. The van der Waals surface area contributed by atoms with Crippen LogP contribution in [0.4, 0.5) is 5.69 Å². The molecule has 0 bridgehead atoms. The smallest absolute Gasteiger partial charge is 0.152 e. The number of hydrogen-bond donors (Lipinski definition) is 0. The Balaban J connectivity index is 2.24. The predicted molar refractivity (Wildman–Crippen MR) is 82.8 cm³/mol. The molecule has 0 aliphatic carbocycles. The Bertz CT molecular complexity index is 595. The highest BCUT2D eigenvalue weighted by Gasteiger charge is 2.08. The van der Waals surface area contributed by atoms with E-state index in [0.29, 0.717) is 5.56 Å². The standard InChI is InChI=1S/C16H16BrNO/c1-12-4-3-5-13(8-12)10-18(2)16-7-6-15(17)9-14(16)11-19/h3-9,11H,10H2,1-2H3. The van der Waals surface area contributed by atoms with E-state index in [-0.39, 0.29) is 0 Å². The quantitative estimate of drug-likeness (QED) is 0.787. The van der Waals surface area contributed by atoms with Crippen LogP contribution in [0.25, 0.3) is 0 Å². The summed E-state index contributed by atoms with van der Waals surface area (Å²) in [6.07, 6.45) is 0.896. The third-order valence-electron chi connectivity index (χ3n) is 3.03. The maximum absolute atomic E-state index is 11.1. The Hall–Kier alpha value is -1.61. The number of anilines is 1. The molecule has 0 saturated carbocycles. The molecule has 2 rings (SSSR count). The summed E-state index contributed by atoms with van der Waals surface area (Å²) in [6, 6.07) is 14.2. The Labute approximate surface area is 122 Å². The molecule has 0 amide bonds. The SMILES string of the molecule is Cc1cccc(CN(C)c2ccc(Br)cc2C=O)c1. The van der Waals surface area contributed by atoms with Crippen molar-refractivity contribution in [3.05, 3.63) is 63.6 Å². The van der Waals surface area contributed by atoms with Crippen molar-refractivity contribution in [2.75, 3.05) is 11.9 Å². The van der Waals surface area contributed by atoms with Crippen LogP contribution in [0.1, 0.15) is 21.5 Å². The summed E-state index contributed by atoms with van der Waals surface area (Å²) < 4.78 is 0.919. The molecule has 0 unspecified atom stereocenters. The minimum Gasteiger partial charge on any atom is -0.370 e. The molecule has 2 aromatic rings. The minimum absolute atomic E-state index is 0.699. The molecule has 0 atom stereocenters. The van der Waals surface area contributed by atoms with Crippen LogP contribution in [-0.4, -0.2) is 13.3 Å². The lowest BCUT2D eigenvalue weighted by Gasteiger charge is -2.21. The predicted octanol–water partition coefficient (Wildman–Crippen LogP) is 4.21. The average Bonchev–Trinajstić information content (AvgIpc) is 2.38. The third-order valence-corrected chi connectivity index (χ3v) is 3.52. The number of halogens is 1. The Morgan fingerprint density at radius 2 is 2.00 bits per heavy atom. The summed E-state index contributed by atoms with van der Waals surface area (Å²) in [7, 11) is 2.00. The van der Waals surface area contributed by atoms with Gasteiger partial charge in [0.15, 0.2) is 6.29 Å². The molecule has 0 N–H and O–H groups in total. The molecule has 3 heteroatoms. The fourth-order valence-corrected chi connectivity index (χ4v) is 2.52. The lowest BCUT2D eigenvalue weighted by Crippen LogP contribution is -2.18. The van der Waals surface area contributed by atoms with Crippen molar-refractivity contribution in [1.29, 1.82) is 0 Å². The maximum atomic E-state index is 11.1. The second-order valence-corrected chi connectivity index (χ2v) is 5.58. The normalized spacial score (nSPS) is 10.3. The van der Waals surface area contributed by atoms with Gasteiger partial charge in [-0.2, -0.15) is 0 Å². The zero-order valence-electron chi connectivity index (χ0n) is 11.1. The molecular formula is C16H16BrNO. The van der Waals surface area contributed by atoms with Gasteiger partial charge in [-0.3, -0.25) is 4.79 Å². The van der Waals surface area contributed by atoms with Gasteiger partial charge in [0.2, 0.25) is 0 Å². The molecule has 2 aromatic carbocycles. The fraction of sp³-hybridized carbons (Fsp3) is 0.188. The zero-order valence-corrected chi connectivity index (χ0v) is 12.6. The van der Waals surface area contributed by atoms with Crippen molar-refractivity contribution >= 4 is 27.9 Å². The summed E-state index contributed by atoms with van der Waals surface area (Å²) in [5.41, 5.74) is 4.13. The van der Waals surface area contributed by atoms with Crippen molar-refractivity contribution in [2.45, 2.75) is 13.5 Å². The highest BCUT2D eigenvalue weighted by molar-refractivity contribution is 9.10. The van der Waals surface area contributed by atoms with Crippen molar-refractivity contribution in [3.8, 4) is 0 Å². The molecule has 0 fully saturated rings. The van der Waals surface area contributed by atoms with Gasteiger partial charge in [-0.1, -0.05) is 45.8 Å². The molecule has 19 heavy (non-hydrogen) atoms. The number of nitrogens with zero attached hydrogens (tertiary/aromatic N) is 1. The summed E-state index contributed by atoms with van der Waals surface area (Å²) in [6.45, 7) is 2.87. The van der Waals surface area contributed by atoms with Gasteiger partial charge in [0.25, 0.3) is 0 Å². The van der Waals surface area contributed by atoms with E-state index in [1.54, 1.807) is 0 Å². The molecule has 0 aliphatic rings. The van der Waals surface area contributed by atoms with Crippen LogP contribution in [0.2, 0.25) is 0 Å². The first kappa shape index (κ1) is 13.8. The lowest BCUT2D eigenvalue weighted by molar-refractivity contribution is 0.112. The molecule has 2 nitrogen and oxygen atoms in total. The topological polar surface area (TPSA) is 20.3 Å². The van der Waals surface area contributed by atoms with E-state index in [4.69, 9.17) is 0 Å². The molecule has 0 aliphatic heterocycles. The highest BCUT2D eigenvalue weighted by atomic mass is 79.9. The molecular weight excluding hydrogens is 302 g/mol. The lowest BCUT2D eigenvalue weighted by atomic mass is 10.1. The Morgan fingerprint density at radius 3 is 2.68 bits per heavy atom. The van der Waals surface area contributed by atoms with Crippen LogP contribution in [0.3, 0.4) is 0 Å². The van der Waals surface area contributed by atoms with Gasteiger partial charge in [0.05, 0.1) is 0 Å². The summed E-state index contributed by atoms with van der Waals surface area (Å²) in [5, 5.41) is 0. The van der Waals surface area contributed by atoms with Crippen LogP contribution in [0.15, 0.2) is 46.9 Å². The monoisotopic (exact) mass is 317 g/mol. The largest absolute Gasteiger partial charge is 0.370 e. The molecule has 0 heterocycles. The second-order valence-electron chi connectivity index (χ2n) is 4.67. The highest BCUT2D eigenvalue weighted by Crippen LogP contribution is 2.23. The number of carbonyl (C=O) groups is 1. The molecule has 0 saturated heterocycles. The van der Waals surface area contributed by atoms with Crippen LogP contribution < -0.4 is 4.90 Å². The van der Waals surface area contributed by atoms with Gasteiger partial charge >= 0.3 is 0 Å². The van der Waals surface area contributed by atoms with Crippen LogP contribution in [0.5, 0.6) is 0 Å². The van der Waals surface area contributed by atoms with Crippen molar-refractivity contribution in [2.24, 2.45) is 0 Å². The Kier molecular flexibility index (Phi) is 4.38. The van der Waals surface area contributed by atoms with E-state index in [1.807, 2.05) is 25.2 Å². The zero-order chi connectivity index (χ0) is 13.8. The Morgan fingerprint density at radius 1 is 1.21 bits per heavy atom. The van der Waals surface area contributed by atoms with Crippen LogP contribution >= 0.6 is 15.9 Å². The summed E-state index contributed by atoms with van der Waals surface area (Å²) in [4.78, 5) is 13.2. The molecule has 0 radical (unpaired) electrons. The van der Waals surface area contributed by atoms with Gasteiger partial charge in [-0.15, -0.1) is 0 Å². The van der Waals surface area contributed by atoms with Gasteiger partial charge in [-0.25, -0.2) is 0 Å². The van der Waals surface area contributed by atoms with E-state index in [9.17, 15) is 4.79 Å². The number of aryl methyl sites for hydroxylation is 1. The van der Waals surface area contributed by atoms with E-state index in [2.05, 4.69) is 52.0 Å². The van der Waals surface area contributed by atoms with E-state index in [1.165, 1.54) is 11.1 Å². The first-order chi connectivity index (χ1) is 9.10. The van der Waals surface area contributed by atoms with Gasteiger partial charge in [0.1, 0.15) is 0 Å². The average molecular weight is 318 g/mol. The number of hydrogen-bond acceptors (Lipinski definition) is 2. The molecule has 0 aromatic heterocycles. The van der Waals surface area contributed by atoms with Gasteiger partial charge in [0, 0.05) is 29.3 Å². The first-order valence-electron chi connectivity index (χ1n) is 6.11. The fourth-order valence-electron chi connectivity index (χ4n) is 2.14. The van der Waals surface area contributed by atoms with Crippen LogP contribution in [-0.2, 0) is 6.54 Å². The number of carbonyl (C=O) groups excluding carboxylic acids is 1. The maximum Gasteiger partial charge on any atom is 0.152 e. The second kappa shape index (κ2) is 6.02. The van der Waals surface area contributed by atoms with E-state index in [0.717, 1.165) is 23.0 Å². The number of aldehydes is 1. The van der Waals surface area contributed by atoms with Gasteiger partial charge in [-0.05, 0) is 30.7 Å². The van der Waals surface area contributed by atoms with Crippen molar-refractivity contribution in [3.63, 3.8) is 0 Å². The summed E-state index contributed by atoms with van der Waals surface area (Å²) >= 11 is 3.39. The molecule has 0 spiro atoms. The van der Waals surface area contributed by atoms with E-state index >= 15 is 0 Å². The van der Waals surface area contributed by atoms with Crippen molar-refractivity contribution in [1.82, 2.24) is 0 Å². The van der Waals surface area contributed by atoms with Crippen molar-refractivity contribution < 1.29 is 4.79 Å². The third kappa shape index (κ3) is 3.44. The first-order valence-corrected chi connectivity index (χ1v) is 6.91. The number of rotatable bonds is 4. The minimum atomic E-state index is 0.699. The molecule has 98 valence electrons. The van der Waals surface area contributed by atoms with E-state index < -0.39 is 0 Å².